The molecule has 0 saturated carbocycles. The fourth-order valence-corrected chi connectivity index (χ4v) is 2.36. The van der Waals surface area contributed by atoms with E-state index in [0.717, 1.165) is 0 Å². The highest BCUT2D eigenvalue weighted by Crippen LogP contribution is 2.25. The third-order valence-corrected chi connectivity index (χ3v) is 4.08. The Kier molecular flexibility index (Phi) is 7.24. The highest BCUT2D eigenvalue weighted by molar-refractivity contribution is 6.42. The van der Waals surface area contributed by atoms with Crippen molar-refractivity contribution in [2.24, 2.45) is 0 Å². The first-order valence-corrected chi connectivity index (χ1v) is 8.61. The maximum absolute atomic E-state index is 12.4. The zero-order chi connectivity index (χ0) is 19.8. The first-order valence-electron chi connectivity index (χ1n) is 7.85. The summed E-state index contributed by atoms with van der Waals surface area (Å²) in [7, 11) is 0. The van der Waals surface area contributed by atoms with Gasteiger partial charge in [0.1, 0.15) is 11.6 Å². The van der Waals surface area contributed by atoms with Gasteiger partial charge in [0.25, 0.3) is 5.91 Å². The summed E-state index contributed by atoms with van der Waals surface area (Å²) in [6, 6.07) is 13.0. The van der Waals surface area contributed by atoms with Crippen LogP contribution in [0.25, 0.3) is 0 Å². The second-order valence-corrected chi connectivity index (χ2v) is 5.98. The van der Waals surface area contributed by atoms with Crippen molar-refractivity contribution in [2.45, 2.75) is 6.92 Å². The number of nitriles is 1. The third kappa shape index (κ3) is 5.48. The van der Waals surface area contributed by atoms with E-state index in [4.69, 9.17) is 27.9 Å². The standard InChI is InChI=1S/C19H15Cl2N3O3/c1-2-27-19(26)14-5-3-4-6-17(14)24-18(25)12(10-22)11-23-13-7-8-15(20)16(21)9-13/h3-9,11,23H,2H2,1H3,(H,24,25)/b12-11-. The Balaban J connectivity index is 2.17. The quantitative estimate of drug-likeness (QED) is 0.416. The van der Waals surface area contributed by atoms with Crippen molar-refractivity contribution < 1.29 is 14.3 Å². The van der Waals surface area contributed by atoms with Crippen LogP contribution in [0.1, 0.15) is 17.3 Å². The Morgan fingerprint density at radius 3 is 2.59 bits per heavy atom. The number of anilines is 2. The minimum atomic E-state index is -0.679. The second kappa shape index (κ2) is 9.62. The van der Waals surface area contributed by atoms with Gasteiger partial charge in [0.15, 0.2) is 0 Å². The number of benzene rings is 2. The maximum Gasteiger partial charge on any atom is 0.340 e. The summed E-state index contributed by atoms with van der Waals surface area (Å²) in [5.74, 6) is -1.24. The molecule has 0 aliphatic heterocycles. The van der Waals surface area contributed by atoms with Crippen LogP contribution in [-0.2, 0) is 9.53 Å². The average molecular weight is 404 g/mol. The summed E-state index contributed by atoms with van der Waals surface area (Å²) >= 11 is 11.8. The zero-order valence-corrected chi connectivity index (χ0v) is 15.8. The Morgan fingerprint density at radius 2 is 1.93 bits per heavy atom. The van der Waals surface area contributed by atoms with Crippen LogP contribution in [0.15, 0.2) is 54.2 Å². The number of carbonyl (C=O) groups is 2. The highest BCUT2D eigenvalue weighted by Gasteiger charge is 2.16. The maximum atomic E-state index is 12.4. The van der Waals surface area contributed by atoms with Crippen LogP contribution in [0, 0.1) is 11.3 Å². The van der Waals surface area contributed by atoms with E-state index in [0.29, 0.717) is 15.7 Å². The first kappa shape index (κ1) is 20.3. The topological polar surface area (TPSA) is 91.2 Å². The van der Waals surface area contributed by atoms with Crippen molar-refractivity contribution in [3.63, 3.8) is 0 Å². The molecule has 0 aromatic heterocycles. The van der Waals surface area contributed by atoms with Gasteiger partial charge in [-0.25, -0.2) is 4.79 Å². The predicted octanol–water partition coefficient (Wildman–Crippen LogP) is 4.63. The molecule has 0 heterocycles. The first-order chi connectivity index (χ1) is 13.0. The average Bonchev–Trinajstić information content (AvgIpc) is 2.65. The minimum absolute atomic E-state index is 0.195. The van der Waals surface area contributed by atoms with Crippen LogP contribution in [0.5, 0.6) is 0 Å². The van der Waals surface area contributed by atoms with Crippen molar-refractivity contribution in [3.05, 3.63) is 69.8 Å². The highest BCUT2D eigenvalue weighted by atomic mass is 35.5. The molecule has 138 valence electrons. The molecule has 0 aliphatic carbocycles. The number of halogens is 2. The Hall–Kier alpha value is -3.01. The summed E-state index contributed by atoms with van der Waals surface area (Å²) < 4.78 is 4.96. The van der Waals surface area contributed by atoms with E-state index in [1.165, 1.54) is 12.3 Å². The van der Waals surface area contributed by atoms with Gasteiger partial charge in [-0.2, -0.15) is 5.26 Å². The minimum Gasteiger partial charge on any atom is -0.462 e. The Morgan fingerprint density at radius 1 is 1.19 bits per heavy atom. The fourth-order valence-electron chi connectivity index (χ4n) is 2.06. The van der Waals surface area contributed by atoms with E-state index in [1.54, 1.807) is 49.4 Å². The van der Waals surface area contributed by atoms with Gasteiger partial charge in [-0.3, -0.25) is 4.79 Å². The summed E-state index contributed by atoms with van der Waals surface area (Å²) in [6.07, 6.45) is 1.24. The monoisotopic (exact) mass is 403 g/mol. The largest absolute Gasteiger partial charge is 0.462 e. The van der Waals surface area contributed by atoms with E-state index in [9.17, 15) is 14.9 Å². The van der Waals surface area contributed by atoms with Gasteiger partial charge in [0.2, 0.25) is 0 Å². The van der Waals surface area contributed by atoms with Crippen LogP contribution < -0.4 is 10.6 Å². The molecule has 2 rings (SSSR count). The lowest BCUT2D eigenvalue weighted by Crippen LogP contribution is -2.17. The number of para-hydroxylation sites is 1. The van der Waals surface area contributed by atoms with Gasteiger partial charge >= 0.3 is 5.97 Å². The van der Waals surface area contributed by atoms with Gasteiger partial charge in [0, 0.05) is 11.9 Å². The van der Waals surface area contributed by atoms with Gasteiger partial charge in [-0.05, 0) is 37.3 Å². The molecule has 6 nitrogen and oxygen atoms in total. The molecule has 0 unspecified atom stereocenters. The number of nitrogens with zero attached hydrogens (tertiary/aromatic N) is 1. The summed E-state index contributed by atoms with van der Waals surface area (Å²) in [5, 5.41) is 15.3. The number of amides is 1. The smallest absolute Gasteiger partial charge is 0.340 e. The molecule has 0 spiro atoms. The number of carbonyl (C=O) groups excluding carboxylic acids is 2. The number of ether oxygens (including phenoxy) is 1. The van der Waals surface area contributed by atoms with Crippen LogP contribution in [0.3, 0.4) is 0 Å². The molecule has 2 aromatic carbocycles. The molecule has 0 atom stereocenters. The van der Waals surface area contributed by atoms with E-state index in [2.05, 4.69) is 10.6 Å². The van der Waals surface area contributed by atoms with E-state index >= 15 is 0 Å². The molecule has 2 N–H and O–H groups in total. The summed E-state index contributed by atoms with van der Waals surface area (Å²) in [6.45, 7) is 1.89. The molecular weight excluding hydrogens is 389 g/mol. The van der Waals surface area contributed by atoms with Gasteiger partial charge < -0.3 is 15.4 Å². The lowest BCUT2D eigenvalue weighted by Gasteiger charge is -2.10. The fraction of sp³-hybridized carbons (Fsp3) is 0.105. The van der Waals surface area contributed by atoms with Crippen molar-refractivity contribution in [1.29, 1.82) is 5.26 Å². The number of esters is 1. The molecule has 0 radical (unpaired) electrons. The molecular formula is C19H15Cl2N3O3. The van der Waals surface area contributed by atoms with Crippen LogP contribution in [0.4, 0.5) is 11.4 Å². The zero-order valence-electron chi connectivity index (χ0n) is 14.3. The second-order valence-electron chi connectivity index (χ2n) is 5.16. The summed E-state index contributed by atoms with van der Waals surface area (Å²) in [4.78, 5) is 24.3. The number of rotatable bonds is 6. The molecule has 0 aliphatic rings. The molecule has 0 fully saturated rings. The number of hydrogen-bond donors (Lipinski definition) is 2. The molecule has 27 heavy (non-hydrogen) atoms. The van der Waals surface area contributed by atoms with E-state index in [-0.39, 0.29) is 23.4 Å². The molecule has 8 heteroatoms. The molecule has 0 bridgehead atoms. The Bertz CT molecular complexity index is 936. The van der Waals surface area contributed by atoms with Crippen LogP contribution in [-0.4, -0.2) is 18.5 Å². The van der Waals surface area contributed by atoms with E-state index in [1.807, 2.05) is 0 Å². The van der Waals surface area contributed by atoms with Gasteiger partial charge in [-0.1, -0.05) is 35.3 Å². The Labute approximate surface area is 166 Å². The molecule has 1 amide bonds. The predicted molar refractivity (Wildman–Crippen MR) is 105 cm³/mol. The van der Waals surface area contributed by atoms with Crippen molar-refractivity contribution in [1.82, 2.24) is 0 Å². The van der Waals surface area contributed by atoms with Crippen molar-refractivity contribution >= 4 is 46.5 Å². The van der Waals surface area contributed by atoms with Crippen molar-refractivity contribution in [2.75, 3.05) is 17.2 Å². The normalized spacial score (nSPS) is 10.7. The number of nitrogens with one attached hydrogen (secondary N) is 2. The SMILES string of the molecule is CCOC(=O)c1ccccc1NC(=O)/C(C#N)=C\Nc1ccc(Cl)c(Cl)c1. The van der Waals surface area contributed by atoms with Gasteiger partial charge in [-0.15, -0.1) is 0 Å². The molecule has 2 aromatic rings. The van der Waals surface area contributed by atoms with Gasteiger partial charge in [0.05, 0.1) is 27.9 Å². The lowest BCUT2D eigenvalue weighted by molar-refractivity contribution is -0.112. The molecule has 0 saturated heterocycles. The summed E-state index contributed by atoms with van der Waals surface area (Å²) in [5.41, 5.74) is 0.802. The third-order valence-electron chi connectivity index (χ3n) is 3.34. The number of hydrogen-bond acceptors (Lipinski definition) is 5. The van der Waals surface area contributed by atoms with Crippen LogP contribution >= 0.6 is 23.2 Å². The van der Waals surface area contributed by atoms with Crippen LogP contribution in [0.2, 0.25) is 10.0 Å². The lowest BCUT2D eigenvalue weighted by atomic mass is 10.1. The van der Waals surface area contributed by atoms with Crippen molar-refractivity contribution in [3.8, 4) is 6.07 Å². The van der Waals surface area contributed by atoms with E-state index < -0.39 is 11.9 Å².